The number of carbonyl (C=O) groups excluding carboxylic acids is 2. The smallest absolute Gasteiger partial charge is 0.333 e. The molecule has 5 nitrogen and oxygen atoms in total. The van der Waals surface area contributed by atoms with Crippen molar-refractivity contribution in [1.82, 2.24) is 5.32 Å². The summed E-state index contributed by atoms with van der Waals surface area (Å²) < 4.78 is 10.8. The van der Waals surface area contributed by atoms with Crippen LogP contribution in [0.25, 0.3) is 0 Å². The molecule has 0 aliphatic rings. The van der Waals surface area contributed by atoms with E-state index in [0.29, 0.717) is 11.3 Å². The molecule has 0 bridgehead atoms. The zero-order valence-corrected chi connectivity index (χ0v) is 14.7. The summed E-state index contributed by atoms with van der Waals surface area (Å²) in [4.78, 5) is 24.7. The van der Waals surface area contributed by atoms with Crippen molar-refractivity contribution in [1.29, 1.82) is 0 Å². The van der Waals surface area contributed by atoms with Gasteiger partial charge in [0.2, 0.25) is 0 Å². The summed E-state index contributed by atoms with van der Waals surface area (Å²) in [7, 11) is 0. The van der Waals surface area contributed by atoms with E-state index >= 15 is 0 Å². The van der Waals surface area contributed by atoms with Crippen molar-refractivity contribution < 1.29 is 19.1 Å². The first kappa shape index (κ1) is 18.5. The molecule has 2 rings (SSSR count). The third-order valence-corrected chi connectivity index (χ3v) is 3.19. The van der Waals surface area contributed by atoms with Gasteiger partial charge in [-0.1, -0.05) is 48.5 Å². The highest BCUT2D eigenvalue weighted by molar-refractivity contribution is 5.86. The second-order valence-electron chi connectivity index (χ2n) is 6.55. The number of nitrogens with one attached hydrogen (secondary N) is 1. The van der Waals surface area contributed by atoms with E-state index in [0.717, 1.165) is 0 Å². The van der Waals surface area contributed by atoms with Crippen LogP contribution >= 0.6 is 0 Å². The molecule has 0 aliphatic heterocycles. The number of benzene rings is 2. The zero-order chi connectivity index (χ0) is 18.3. The maximum absolute atomic E-state index is 12.5. The van der Waals surface area contributed by atoms with Crippen molar-refractivity contribution in [2.24, 2.45) is 0 Å². The zero-order valence-electron chi connectivity index (χ0n) is 14.7. The summed E-state index contributed by atoms with van der Waals surface area (Å²) in [6.07, 6.45) is 0. The average molecular weight is 341 g/mol. The van der Waals surface area contributed by atoms with E-state index in [1.807, 2.05) is 24.3 Å². The van der Waals surface area contributed by atoms with Gasteiger partial charge in [0.1, 0.15) is 11.4 Å². The second-order valence-corrected chi connectivity index (χ2v) is 6.55. The lowest BCUT2D eigenvalue weighted by Crippen LogP contribution is -2.40. The van der Waals surface area contributed by atoms with Crippen LogP contribution < -0.4 is 10.1 Å². The summed E-state index contributed by atoms with van der Waals surface area (Å²) in [6, 6.07) is 17.1. The third-order valence-electron chi connectivity index (χ3n) is 3.19. The van der Waals surface area contributed by atoms with Gasteiger partial charge in [-0.2, -0.15) is 0 Å². The Morgan fingerprint density at radius 2 is 1.52 bits per heavy atom. The minimum atomic E-state index is -0.882. The SMILES string of the molecule is CC(C)(C)OC(=O)[C@H](NC(=O)COc1ccccc1)c1ccccc1. The van der Waals surface area contributed by atoms with Gasteiger partial charge in [0.05, 0.1) is 0 Å². The van der Waals surface area contributed by atoms with Gasteiger partial charge in [0.25, 0.3) is 5.91 Å². The van der Waals surface area contributed by atoms with Crippen molar-refractivity contribution in [3.8, 4) is 5.75 Å². The van der Waals surface area contributed by atoms with Crippen LogP contribution in [0.3, 0.4) is 0 Å². The maximum Gasteiger partial charge on any atom is 0.333 e. The molecule has 0 aliphatic carbocycles. The Kier molecular flexibility index (Phi) is 6.17. The molecule has 0 aromatic heterocycles. The van der Waals surface area contributed by atoms with Crippen molar-refractivity contribution in [3.05, 3.63) is 66.2 Å². The molecule has 0 heterocycles. The molecule has 5 heteroatoms. The Balaban J connectivity index is 2.05. The highest BCUT2D eigenvalue weighted by Gasteiger charge is 2.28. The first-order valence-electron chi connectivity index (χ1n) is 8.10. The summed E-state index contributed by atoms with van der Waals surface area (Å²) >= 11 is 0. The monoisotopic (exact) mass is 341 g/mol. The minimum absolute atomic E-state index is 0.184. The molecule has 0 spiro atoms. The molecule has 1 amide bonds. The molecule has 1 atom stereocenters. The number of hydrogen-bond donors (Lipinski definition) is 1. The van der Waals surface area contributed by atoms with E-state index in [4.69, 9.17) is 9.47 Å². The van der Waals surface area contributed by atoms with Gasteiger partial charge in [-0.3, -0.25) is 4.79 Å². The van der Waals surface area contributed by atoms with Crippen molar-refractivity contribution in [2.45, 2.75) is 32.4 Å². The number of para-hydroxylation sites is 1. The second kappa shape index (κ2) is 8.33. The molecule has 2 aromatic rings. The van der Waals surface area contributed by atoms with E-state index in [9.17, 15) is 9.59 Å². The van der Waals surface area contributed by atoms with Gasteiger partial charge in [-0.15, -0.1) is 0 Å². The largest absolute Gasteiger partial charge is 0.484 e. The number of hydrogen-bond acceptors (Lipinski definition) is 4. The quantitative estimate of drug-likeness (QED) is 0.819. The maximum atomic E-state index is 12.5. The molecule has 25 heavy (non-hydrogen) atoms. The van der Waals surface area contributed by atoms with Crippen LogP contribution in [0, 0.1) is 0 Å². The lowest BCUT2D eigenvalue weighted by molar-refractivity contribution is -0.159. The fourth-order valence-electron chi connectivity index (χ4n) is 2.15. The van der Waals surface area contributed by atoms with Crippen molar-refractivity contribution in [3.63, 3.8) is 0 Å². The van der Waals surface area contributed by atoms with Gasteiger partial charge in [-0.25, -0.2) is 4.79 Å². The Bertz CT molecular complexity index is 693. The Morgan fingerprint density at radius 1 is 0.960 bits per heavy atom. The van der Waals surface area contributed by atoms with Gasteiger partial charge >= 0.3 is 5.97 Å². The number of amides is 1. The van der Waals surface area contributed by atoms with E-state index in [1.165, 1.54) is 0 Å². The van der Waals surface area contributed by atoms with Gasteiger partial charge in [0.15, 0.2) is 12.6 Å². The van der Waals surface area contributed by atoms with Crippen LogP contribution in [0.15, 0.2) is 60.7 Å². The van der Waals surface area contributed by atoms with Crippen LogP contribution in [0.2, 0.25) is 0 Å². The predicted octanol–water partition coefficient (Wildman–Crippen LogP) is 3.26. The average Bonchev–Trinajstić information content (AvgIpc) is 2.58. The topological polar surface area (TPSA) is 64.6 Å². The molecule has 132 valence electrons. The van der Waals surface area contributed by atoms with Crippen LogP contribution in [-0.2, 0) is 14.3 Å². The Hall–Kier alpha value is -2.82. The van der Waals surface area contributed by atoms with E-state index in [1.54, 1.807) is 57.2 Å². The highest BCUT2D eigenvalue weighted by Crippen LogP contribution is 2.18. The molecule has 0 unspecified atom stereocenters. The van der Waals surface area contributed by atoms with Crippen LogP contribution in [0.1, 0.15) is 32.4 Å². The van der Waals surface area contributed by atoms with E-state index in [-0.39, 0.29) is 6.61 Å². The standard InChI is InChI=1S/C20H23NO4/c1-20(2,3)25-19(23)18(15-10-6-4-7-11-15)21-17(22)14-24-16-12-8-5-9-13-16/h4-13,18H,14H2,1-3H3,(H,21,22)/t18-/m1/s1. The predicted molar refractivity (Wildman–Crippen MR) is 95.1 cm³/mol. The molecular weight excluding hydrogens is 318 g/mol. The molecule has 2 aromatic carbocycles. The number of carbonyl (C=O) groups is 2. The Labute approximate surface area is 148 Å². The van der Waals surface area contributed by atoms with E-state index < -0.39 is 23.5 Å². The Morgan fingerprint density at radius 3 is 2.08 bits per heavy atom. The molecule has 0 saturated carbocycles. The first-order valence-corrected chi connectivity index (χ1v) is 8.10. The summed E-state index contributed by atoms with van der Waals surface area (Å²) in [6.45, 7) is 5.17. The van der Waals surface area contributed by atoms with Gasteiger partial charge < -0.3 is 14.8 Å². The lowest BCUT2D eigenvalue weighted by atomic mass is 10.1. The molecule has 1 N–H and O–H groups in total. The van der Waals surface area contributed by atoms with Crippen molar-refractivity contribution in [2.75, 3.05) is 6.61 Å². The van der Waals surface area contributed by atoms with Crippen LogP contribution in [0.5, 0.6) is 5.75 Å². The third kappa shape index (κ3) is 6.30. The van der Waals surface area contributed by atoms with Crippen LogP contribution in [0.4, 0.5) is 0 Å². The fourth-order valence-corrected chi connectivity index (χ4v) is 2.15. The van der Waals surface area contributed by atoms with E-state index in [2.05, 4.69) is 5.32 Å². The first-order chi connectivity index (χ1) is 11.8. The molecule has 0 radical (unpaired) electrons. The number of rotatable bonds is 6. The number of ether oxygens (including phenoxy) is 2. The molecular formula is C20H23NO4. The summed E-state index contributed by atoms with van der Waals surface area (Å²) in [5.74, 6) is -0.318. The fraction of sp³-hybridized carbons (Fsp3) is 0.300. The highest BCUT2D eigenvalue weighted by atomic mass is 16.6. The van der Waals surface area contributed by atoms with Crippen LogP contribution in [-0.4, -0.2) is 24.1 Å². The summed E-state index contributed by atoms with van der Waals surface area (Å²) in [5.41, 5.74) is 0.0138. The normalized spacial score (nSPS) is 12.1. The lowest BCUT2D eigenvalue weighted by Gasteiger charge is -2.24. The molecule has 0 fully saturated rings. The van der Waals surface area contributed by atoms with Crippen molar-refractivity contribution >= 4 is 11.9 Å². The minimum Gasteiger partial charge on any atom is -0.484 e. The number of esters is 1. The molecule has 0 saturated heterocycles. The van der Waals surface area contributed by atoms with Gasteiger partial charge in [-0.05, 0) is 38.5 Å². The summed E-state index contributed by atoms with van der Waals surface area (Å²) in [5, 5.41) is 2.69. The van der Waals surface area contributed by atoms with Gasteiger partial charge in [0, 0.05) is 0 Å².